The molecule has 9 heteroatoms. The Hall–Kier alpha value is -2.60. The zero-order chi connectivity index (χ0) is 18.4. The number of benzene rings is 1. The fourth-order valence-corrected chi connectivity index (χ4v) is 2.51. The number of carbonyl (C=O) groups is 2. The van der Waals surface area contributed by atoms with E-state index < -0.39 is 18.5 Å². The number of nitrogens with one attached hydrogen (secondary N) is 1. The predicted octanol–water partition coefficient (Wildman–Crippen LogP) is 1.59. The van der Waals surface area contributed by atoms with E-state index in [1.807, 2.05) is 6.07 Å². The van der Waals surface area contributed by atoms with E-state index in [-0.39, 0.29) is 25.5 Å². The lowest BCUT2D eigenvalue weighted by Gasteiger charge is -2.34. The molecule has 25 heavy (non-hydrogen) atoms. The normalized spacial score (nSPS) is 15.5. The predicted molar refractivity (Wildman–Crippen MR) is 83.5 cm³/mol. The van der Waals surface area contributed by atoms with Gasteiger partial charge in [-0.2, -0.15) is 18.4 Å². The SMILES string of the molecule is N#Cc1cccc(NC(=O)CN2CCN(C(=O)CC(F)(F)F)CC2)c1. The second-order valence-electron chi connectivity index (χ2n) is 5.69. The molecule has 0 aromatic heterocycles. The lowest BCUT2D eigenvalue weighted by Crippen LogP contribution is -2.51. The first kappa shape index (κ1) is 18.7. The van der Waals surface area contributed by atoms with Crippen LogP contribution in [0.25, 0.3) is 0 Å². The summed E-state index contributed by atoms with van der Waals surface area (Å²) in [4.78, 5) is 26.5. The van der Waals surface area contributed by atoms with Crippen LogP contribution < -0.4 is 5.32 Å². The van der Waals surface area contributed by atoms with Crippen molar-refractivity contribution >= 4 is 17.5 Å². The summed E-state index contributed by atoms with van der Waals surface area (Å²) in [6.07, 6.45) is -5.96. The van der Waals surface area contributed by atoms with Gasteiger partial charge < -0.3 is 10.2 Å². The molecule has 0 radical (unpaired) electrons. The highest BCUT2D eigenvalue weighted by atomic mass is 19.4. The van der Waals surface area contributed by atoms with E-state index >= 15 is 0 Å². The van der Waals surface area contributed by atoms with Crippen LogP contribution in [-0.2, 0) is 9.59 Å². The zero-order valence-corrected chi connectivity index (χ0v) is 13.3. The van der Waals surface area contributed by atoms with Crippen LogP contribution in [0.1, 0.15) is 12.0 Å². The van der Waals surface area contributed by atoms with Crippen LogP contribution in [0, 0.1) is 11.3 Å². The Labute approximate surface area is 142 Å². The van der Waals surface area contributed by atoms with Gasteiger partial charge in [-0.3, -0.25) is 14.5 Å². The van der Waals surface area contributed by atoms with Crippen molar-refractivity contribution < 1.29 is 22.8 Å². The second-order valence-corrected chi connectivity index (χ2v) is 5.69. The van der Waals surface area contributed by atoms with E-state index in [4.69, 9.17) is 5.26 Å². The lowest BCUT2D eigenvalue weighted by molar-refractivity contribution is -0.162. The van der Waals surface area contributed by atoms with Crippen molar-refractivity contribution in [1.29, 1.82) is 5.26 Å². The van der Waals surface area contributed by atoms with Crippen molar-refractivity contribution in [2.75, 3.05) is 38.0 Å². The van der Waals surface area contributed by atoms with E-state index in [9.17, 15) is 22.8 Å². The summed E-state index contributed by atoms with van der Waals surface area (Å²) in [5.41, 5.74) is 0.928. The number of nitrogens with zero attached hydrogens (tertiary/aromatic N) is 3. The highest BCUT2D eigenvalue weighted by molar-refractivity contribution is 5.92. The fraction of sp³-hybridized carbons (Fsp3) is 0.438. The smallest absolute Gasteiger partial charge is 0.340 e. The molecule has 2 rings (SSSR count). The number of hydrogen-bond acceptors (Lipinski definition) is 4. The highest BCUT2D eigenvalue weighted by Gasteiger charge is 2.34. The Morgan fingerprint density at radius 2 is 1.88 bits per heavy atom. The Kier molecular flexibility index (Phi) is 5.98. The molecule has 0 saturated carbocycles. The van der Waals surface area contributed by atoms with Gasteiger partial charge in [0.1, 0.15) is 6.42 Å². The van der Waals surface area contributed by atoms with Crippen molar-refractivity contribution in [2.24, 2.45) is 0 Å². The van der Waals surface area contributed by atoms with Crippen molar-refractivity contribution in [3.63, 3.8) is 0 Å². The van der Waals surface area contributed by atoms with Gasteiger partial charge in [-0.15, -0.1) is 0 Å². The maximum atomic E-state index is 12.2. The van der Waals surface area contributed by atoms with Gasteiger partial charge in [0.05, 0.1) is 18.2 Å². The zero-order valence-electron chi connectivity index (χ0n) is 13.3. The Morgan fingerprint density at radius 1 is 1.20 bits per heavy atom. The van der Waals surface area contributed by atoms with Crippen molar-refractivity contribution in [1.82, 2.24) is 9.80 Å². The van der Waals surface area contributed by atoms with Gasteiger partial charge in [-0.05, 0) is 18.2 Å². The largest absolute Gasteiger partial charge is 0.397 e. The third-order valence-corrected chi connectivity index (χ3v) is 3.72. The summed E-state index contributed by atoms with van der Waals surface area (Å²) >= 11 is 0. The van der Waals surface area contributed by atoms with Crippen molar-refractivity contribution in [2.45, 2.75) is 12.6 Å². The molecular weight excluding hydrogens is 337 g/mol. The van der Waals surface area contributed by atoms with E-state index in [1.165, 1.54) is 0 Å². The molecule has 1 saturated heterocycles. The molecule has 1 aliphatic rings. The molecule has 1 aromatic rings. The molecule has 2 amide bonds. The second kappa shape index (κ2) is 7.98. The van der Waals surface area contributed by atoms with Crippen molar-refractivity contribution in [3.05, 3.63) is 29.8 Å². The number of halogens is 3. The third-order valence-electron chi connectivity index (χ3n) is 3.72. The molecule has 1 fully saturated rings. The number of piperazine rings is 1. The third kappa shape index (κ3) is 6.08. The molecule has 0 spiro atoms. The van der Waals surface area contributed by atoms with Gasteiger partial charge in [0.15, 0.2) is 0 Å². The number of nitriles is 1. The van der Waals surface area contributed by atoms with Crippen LogP contribution in [0.3, 0.4) is 0 Å². The number of alkyl halides is 3. The molecule has 0 atom stereocenters. The number of hydrogen-bond donors (Lipinski definition) is 1. The summed E-state index contributed by atoms with van der Waals surface area (Å²) in [6.45, 7) is 1.04. The van der Waals surface area contributed by atoms with Gasteiger partial charge in [0.2, 0.25) is 11.8 Å². The minimum Gasteiger partial charge on any atom is -0.340 e. The minimum atomic E-state index is -4.51. The van der Waals surface area contributed by atoms with Crippen LogP contribution in [0.15, 0.2) is 24.3 Å². The maximum absolute atomic E-state index is 12.2. The Morgan fingerprint density at radius 3 is 2.48 bits per heavy atom. The first-order chi connectivity index (χ1) is 11.8. The molecule has 6 nitrogen and oxygen atoms in total. The van der Waals surface area contributed by atoms with E-state index in [0.29, 0.717) is 24.3 Å². The van der Waals surface area contributed by atoms with Gasteiger partial charge in [-0.25, -0.2) is 0 Å². The fourth-order valence-electron chi connectivity index (χ4n) is 2.51. The average Bonchev–Trinajstić information content (AvgIpc) is 2.54. The van der Waals surface area contributed by atoms with Crippen LogP contribution in [-0.4, -0.2) is 60.5 Å². The molecule has 0 unspecified atom stereocenters. The molecule has 0 aliphatic carbocycles. The summed E-state index contributed by atoms with van der Waals surface area (Å²) in [5.74, 6) is -1.23. The van der Waals surface area contributed by atoms with Crippen LogP contribution in [0.5, 0.6) is 0 Å². The van der Waals surface area contributed by atoms with E-state index in [1.54, 1.807) is 29.2 Å². The average molecular weight is 354 g/mol. The van der Waals surface area contributed by atoms with Crippen LogP contribution in [0.2, 0.25) is 0 Å². The number of amides is 2. The molecule has 1 N–H and O–H groups in total. The van der Waals surface area contributed by atoms with Gasteiger partial charge in [0.25, 0.3) is 0 Å². The summed E-state index contributed by atoms with van der Waals surface area (Å²) in [6, 6.07) is 8.45. The number of anilines is 1. The molecular formula is C16H17F3N4O2. The van der Waals surface area contributed by atoms with Gasteiger partial charge >= 0.3 is 6.18 Å². The summed E-state index contributed by atoms with van der Waals surface area (Å²) < 4.78 is 36.7. The molecule has 1 aromatic carbocycles. The molecule has 1 aliphatic heterocycles. The molecule has 1 heterocycles. The number of carbonyl (C=O) groups excluding carboxylic acids is 2. The molecule has 0 bridgehead atoms. The highest BCUT2D eigenvalue weighted by Crippen LogP contribution is 2.21. The first-order valence-corrected chi connectivity index (χ1v) is 7.64. The van der Waals surface area contributed by atoms with Gasteiger partial charge in [-0.1, -0.05) is 6.07 Å². The summed E-state index contributed by atoms with van der Waals surface area (Å²) in [5, 5.41) is 11.5. The summed E-state index contributed by atoms with van der Waals surface area (Å²) in [7, 11) is 0. The number of rotatable bonds is 4. The topological polar surface area (TPSA) is 76.4 Å². The molecule has 134 valence electrons. The quantitative estimate of drug-likeness (QED) is 0.891. The Balaban J connectivity index is 1.78. The monoisotopic (exact) mass is 354 g/mol. The standard InChI is InChI=1S/C16H17F3N4O2/c17-16(18,19)9-15(25)23-6-4-22(5-7-23)11-14(24)21-13-3-1-2-12(8-13)10-20/h1-3,8H,4-7,9,11H2,(H,21,24). The van der Waals surface area contributed by atoms with Crippen LogP contribution in [0.4, 0.5) is 18.9 Å². The maximum Gasteiger partial charge on any atom is 0.397 e. The minimum absolute atomic E-state index is 0.0675. The van der Waals surface area contributed by atoms with E-state index in [2.05, 4.69) is 5.32 Å². The van der Waals surface area contributed by atoms with Gasteiger partial charge in [0, 0.05) is 31.9 Å². The van der Waals surface area contributed by atoms with E-state index in [0.717, 1.165) is 4.90 Å². The lowest BCUT2D eigenvalue weighted by atomic mass is 10.2. The van der Waals surface area contributed by atoms with Crippen LogP contribution >= 0.6 is 0 Å². The Bertz CT molecular complexity index is 677. The van der Waals surface area contributed by atoms with Crippen molar-refractivity contribution in [3.8, 4) is 6.07 Å². The first-order valence-electron chi connectivity index (χ1n) is 7.64.